The molecule has 0 aliphatic heterocycles. The van der Waals surface area contributed by atoms with Gasteiger partial charge >= 0.3 is 0 Å². The molecule has 2 amide bonds. The van der Waals surface area contributed by atoms with E-state index in [1.807, 2.05) is 42.5 Å². The Morgan fingerprint density at radius 3 is 2.21 bits per heavy atom. The monoisotopic (exact) mass is 479 g/mol. The zero-order valence-electron chi connectivity index (χ0n) is 18.6. The fourth-order valence-corrected chi connectivity index (χ4v) is 3.05. The van der Waals surface area contributed by atoms with Crippen LogP contribution in [0.4, 0.5) is 0 Å². The van der Waals surface area contributed by atoms with Gasteiger partial charge in [0.1, 0.15) is 18.1 Å². The third-order valence-corrected chi connectivity index (χ3v) is 4.75. The van der Waals surface area contributed by atoms with E-state index in [0.717, 1.165) is 11.1 Å². The van der Waals surface area contributed by atoms with Gasteiger partial charge in [-0.15, -0.1) is 0 Å². The van der Waals surface area contributed by atoms with E-state index in [1.165, 1.54) is 0 Å². The molecule has 3 aromatic rings. The Morgan fingerprint density at radius 2 is 1.47 bits per heavy atom. The molecule has 0 aliphatic carbocycles. The van der Waals surface area contributed by atoms with Gasteiger partial charge in [-0.05, 0) is 47.6 Å². The van der Waals surface area contributed by atoms with Crippen LogP contribution in [-0.4, -0.2) is 43.9 Å². The second-order valence-corrected chi connectivity index (χ2v) is 7.38. The number of para-hydroxylation sites is 1. The molecule has 0 spiro atoms. The van der Waals surface area contributed by atoms with Gasteiger partial charge in [0.15, 0.2) is 11.7 Å². The van der Waals surface area contributed by atoms with E-state index >= 15 is 0 Å². The van der Waals surface area contributed by atoms with E-state index in [2.05, 4.69) is 16.2 Å². The van der Waals surface area contributed by atoms with Crippen molar-refractivity contribution >= 4 is 29.1 Å². The van der Waals surface area contributed by atoms with Gasteiger partial charge in [0.25, 0.3) is 11.8 Å². The molecular weight excluding hydrogens is 454 g/mol. The van der Waals surface area contributed by atoms with Crippen molar-refractivity contribution in [3.63, 3.8) is 0 Å². The second-order valence-electron chi connectivity index (χ2n) is 6.97. The summed E-state index contributed by atoms with van der Waals surface area (Å²) in [5, 5.41) is 2.42. The third kappa shape index (κ3) is 7.58. The predicted molar refractivity (Wildman–Crippen MR) is 133 cm³/mol. The Kier molecular flexibility index (Phi) is 9.39. The molecule has 176 valence electrons. The number of carbonyl (C=O) groups excluding carboxylic acids is 2. The Bertz CT molecular complexity index is 1110. The number of thiocarbonyl (C=S) groups is 1. The Balaban J connectivity index is 1.42. The standard InChI is InChI=1S/C25H25N3O5S/c1-31-15-16-32-22-10-6-5-9-21(22)24(30)26-25(34)28-27-23(29)17-33-20-13-11-19(12-14-20)18-7-3-2-4-8-18/h2-14H,15-17H2,1H3,(H,27,29)(H2,26,28,30,34). The number of hydrogen-bond acceptors (Lipinski definition) is 6. The van der Waals surface area contributed by atoms with Crippen LogP contribution in [-0.2, 0) is 9.53 Å². The van der Waals surface area contributed by atoms with Crippen LogP contribution in [0, 0.1) is 0 Å². The number of amides is 2. The smallest absolute Gasteiger partial charge is 0.276 e. The molecule has 0 atom stereocenters. The van der Waals surface area contributed by atoms with E-state index in [9.17, 15) is 9.59 Å². The van der Waals surface area contributed by atoms with E-state index in [-0.39, 0.29) is 11.7 Å². The lowest BCUT2D eigenvalue weighted by Gasteiger charge is -2.13. The molecule has 0 unspecified atom stereocenters. The Hall–Kier alpha value is -3.95. The number of methoxy groups -OCH3 is 1. The maximum atomic E-state index is 12.5. The fraction of sp³-hybridized carbons (Fsp3) is 0.160. The topological polar surface area (TPSA) is 97.9 Å². The van der Waals surface area contributed by atoms with Gasteiger partial charge in [-0.3, -0.25) is 25.8 Å². The van der Waals surface area contributed by atoms with Crippen molar-refractivity contribution in [3.05, 3.63) is 84.4 Å². The number of carbonyl (C=O) groups is 2. The number of rotatable bonds is 9. The van der Waals surface area contributed by atoms with Gasteiger partial charge in [-0.25, -0.2) is 0 Å². The van der Waals surface area contributed by atoms with Crippen LogP contribution >= 0.6 is 12.2 Å². The van der Waals surface area contributed by atoms with Gasteiger partial charge in [0, 0.05) is 7.11 Å². The Morgan fingerprint density at radius 1 is 0.794 bits per heavy atom. The zero-order chi connectivity index (χ0) is 24.2. The lowest BCUT2D eigenvalue weighted by Crippen LogP contribution is -2.49. The molecule has 3 N–H and O–H groups in total. The summed E-state index contributed by atoms with van der Waals surface area (Å²) in [6.07, 6.45) is 0. The largest absolute Gasteiger partial charge is 0.490 e. The summed E-state index contributed by atoms with van der Waals surface area (Å²) in [5.74, 6) is 0.00733. The van der Waals surface area contributed by atoms with Crippen LogP contribution in [0.25, 0.3) is 11.1 Å². The van der Waals surface area contributed by atoms with Gasteiger partial charge in [0.2, 0.25) is 0 Å². The van der Waals surface area contributed by atoms with E-state index in [4.69, 9.17) is 26.4 Å². The summed E-state index contributed by atoms with van der Waals surface area (Å²) < 4.78 is 16.0. The van der Waals surface area contributed by atoms with Gasteiger partial charge in [0.05, 0.1) is 12.2 Å². The average Bonchev–Trinajstić information content (AvgIpc) is 2.87. The van der Waals surface area contributed by atoms with Gasteiger partial charge in [-0.1, -0.05) is 54.6 Å². The van der Waals surface area contributed by atoms with E-state index in [0.29, 0.717) is 30.3 Å². The average molecular weight is 480 g/mol. The van der Waals surface area contributed by atoms with Crippen LogP contribution in [0.1, 0.15) is 10.4 Å². The molecule has 0 saturated carbocycles. The van der Waals surface area contributed by atoms with Crippen molar-refractivity contribution in [1.82, 2.24) is 16.2 Å². The van der Waals surface area contributed by atoms with Crippen molar-refractivity contribution in [1.29, 1.82) is 0 Å². The number of nitrogens with one attached hydrogen (secondary N) is 3. The Labute approximate surface area is 203 Å². The first-order valence-corrected chi connectivity index (χ1v) is 10.9. The maximum absolute atomic E-state index is 12.5. The highest BCUT2D eigenvalue weighted by Crippen LogP contribution is 2.22. The summed E-state index contributed by atoms with van der Waals surface area (Å²) >= 11 is 5.08. The fourth-order valence-electron chi connectivity index (χ4n) is 2.90. The molecule has 0 aromatic heterocycles. The van der Waals surface area contributed by atoms with E-state index < -0.39 is 11.8 Å². The number of benzene rings is 3. The first-order valence-electron chi connectivity index (χ1n) is 10.5. The molecule has 0 radical (unpaired) electrons. The normalized spacial score (nSPS) is 10.1. The molecule has 0 bridgehead atoms. The first kappa shape index (κ1) is 24.7. The molecule has 3 aromatic carbocycles. The van der Waals surface area contributed by atoms with Crippen molar-refractivity contribution in [2.45, 2.75) is 0 Å². The molecule has 0 saturated heterocycles. The molecule has 8 nitrogen and oxygen atoms in total. The summed E-state index contributed by atoms with van der Waals surface area (Å²) in [5.41, 5.74) is 7.31. The third-order valence-electron chi connectivity index (χ3n) is 4.55. The van der Waals surface area contributed by atoms with Crippen molar-refractivity contribution in [2.75, 3.05) is 26.9 Å². The van der Waals surface area contributed by atoms with Crippen LogP contribution in [0.2, 0.25) is 0 Å². The quantitative estimate of drug-likeness (QED) is 0.246. The minimum absolute atomic E-state index is 0.0720. The van der Waals surface area contributed by atoms with Crippen molar-refractivity contribution in [2.24, 2.45) is 0 Å². The minimum Gasteiger partial charge on any atom is -0.490 e. The summed E-state index contributed by atoms with van der Waals surface area (Å²) in [6.45, 7) is 0.458. The lowest BCUT2D eigenvalue weighted by atomic mass is 10.1. The SMILES string of the molecule is COCCOc1ccccc1C(=O)NC(=S)NNC(=O)COc1ccc(-c2ccccc2)cc1. The highest BCUT2D eigenvalue weighted by atomic mass is 32.1. The molecule has 0 heterocycles. The lowest BCUT2D eigenvalue weighted by molar-refractivity contribution is -0.123. The molecule has 3 rings (SSSR count). The maximum Gasteiger partial charge on any atom is 0.276 e. The second kappa shape index (κ2) is 12.9. The van der Waals surface area contributed by atoms with Gasteiger partial charge in [-0.2, -0.15) is 0 Å². The van der Waals surface area contributed by atoms with Gasteiger partial charge < -0.3 is 14.2 Å². The molecule has 34 heavy (non-hydrogen) atoms. The zero-order valence-corrected chi connectivity index (χ0v) is 19.4. The number of hydrogen-bond donors (Lipinski definition) is 3. The minimum atomic E-state index is -0.477. The highest BCUT2D eigenvalue weighted by molar-refractivity contribution is 7.80. The number of ether oxygens (including phenoxy) is 3. The van der Waals surface area contributed by atoms with Crippen LogP contribution in [0.5, 0.6) is 11.5 Å². The van der Waals surface area contributed by atoms with Crippen LogP contribution in [0.15, 0.2) is 78.9 Å². The first-order chi connectivity index (χ1) is 16.6. The summed E-state index contributed by atoms with van der Waals surface area (Å²) in [4.78, 5) is 24.6. The molecule has 9 heteroatoms. The molecular formula is C25H25N3O5S. The van der Waals surface area contributed by atoms with Crippen LogP contribution < -0.4 is 25.6 Å². The number of hydrazine groups is 1. The molecule has 0 fully saturated rings. The van der Waals surface area contributed by atoms with Crippen molar-refractivity contribution in [3.8, 4) is 22.6 Å². The van der Waals surface area contributed by atoms with Crippen molar-refractivity contribution < 1.29 is 23.8 Å². The summed E-state index contributed by atoms with van der Waals surface area (Å²) in [7, 11) is 1.56. The summed E-state index contributed by atoms with van der Waals surface area (Å²) in [6, 6.07) is 24.1. The highest BCUT2D eigenvalue weighted by Gasteiger charge is 2.14. The van der Waals surface area contributed by atoms with E-state index in [1.54, 1.807) is 43.5 Å². The molecule has 0 aliphatic rings. The van der Waals surface area contributed by atoms with Crippen LogP contribution in [0.3, 0.4) is 0 Å². The predicted octanol–water partition coefficient (Wildman–Crippen LogP) is 3.09.